The molecular formula is C9H14O5. The molecule has 0 aromatic carbocycles. The topological polar surface area (TPSA) is 65.0 Å². The Morgan fingerprint density at radius 2 is 2.43 bits per heavy atom. The average molecular weight is 202 g/mol. The van der Waals surface area contributed by atoms with E-state index in [4.69, 9.17) is 19.3 Å². The van der Waals surface area contributed by atoms with Gasteiger partial charge >= 0.3 is 5.97 Å². The molecule has 0 saturated carbocycles. The van der Waals surface area contributed by atoms with Gasteiger partial charge in [-0.3, -0.25) is 0 Å². The fourth-order valence-corrected chi connectivity index (χ4v) is 1.18. The third-order valence-corrected chi connectivity index (χ3v) is 2.06. The van der Waals surface area contributed by atoms with Crippen molar-refractivity contribution in [1.29, 1.82) is 0 Å². The third kappa shape index (κ3) is 2.54. The van der Waals surface area contributed by atoms with Crippen molar-refractivity contribution in [3.8, 4) is 0 Å². The summed E-state index contributed by atoms with van der Waals surface area (Å²) in [7, 11) is 1.47. The van der Waals surface area contributed by atoms with Crippen molar-refractivity contribution in [3.63, 3.8) is 0 Å². The molecule has 1 aliphatic heterocycles. The van der Waals surface area contributed by atoms with Crippen LogP contribution in [0.4, 0.5) is 0 Å². The molecule has 0 amide bonds. The molecule has 1 rings (SSSR count). The minimum absolute atomic E-state index is 0.110. The highest BCUT2D eigenvalue weighted by Gasteiger charge is 2.37. The van der Waals surface area contributed by atoms with E-state index < -0.39 is 11.9 Å². The van der Waals surface area contributed by atoms with Gasteiger partial charge in [-0.15, -0.1) is 0 Å². The summed E-state index contributed by atoms with van der Waals surface area (Å²) in [6, 6.07) is 0. The van der Waals surface area contributed by atoms with Crippen LogP contribution in [0, 0.1) is 0 Å². The molecule has 0 aliphatic carbocycles. The number of carboxylic acids is 1. The molecule has 5 heteroatoms. The molecule has 2 unspecified atom stereocenters. The van der Waals surface area contributed by atoms with E-state index in [1.165, 1.54) is 7.11 Å². The number of carboxylic acid groups (broad SMARTS) is 1. The van der Waals surface area contributed by atoms with Gasteiger partial charge in [-0.2, -0.15) is 0 Å². The predicted molar refractivity (Wildman–Crippen MR) is 47.6 cm³/mol. The van der Waals surface area contributed by atoms with Crippen LogP contribution < -0.4 is 0 Å². The minimum Gasteiger partial charge on any atom is -0.478 e. The van der Waals surface area contributed by atoms with Gasteiger partial charge in [-0.25, -0.2) is 4.79 Å². The van der Waals surface area contributed by atoms with Gasteiger partial charge in [0.15, 0.2) is 0 Å². The van der Waals surface area contributed by atoms with E-state index in [1.54, 1.807) is 6.92 Å². The maximum absolute atomic E-state index is 10.5. The van der Waals surface area contributed by atoms with Gasteiger partial charge in [-0.05, 0) is 0 Å². The second-order valence-electron chi connectivity index (χ2n) is 3.23. The number of methoxy groups -OCH3 is 1. The van der Waals surface area contributed by atoms with E-state index in [0.29, 0.717) is 6.61 Å². The summed E-state index contributed by atoms with van der Waals surface area (Å²) in [6.07, 6.45) is -0.0579. The van der Waals surface area contributed by atoms with Crippen LogP contribution in [0.25, 0.3) is 0 Å². The summed E-state index contributed by atoms with van der Waals surface area (Å²) >= 11 is 0. The van der Waals surface area contributed by atoms with Gasteiger partial charge in [0.2, 0.25) is 0 Å². The predicted octanol–water partition coefficient (Wildman–Crippen LogP) is 0.753. The number of ether oxygens (including phenoxy) is 3. The van der Waals surface area contributed by atoms with Crippen LogP contribution in [-0.4, -0.2) is 36.9 Å². The third-order valence-electron chi connectivity index (χ3n) is 2.06. The van der Waals surface area contributed by atoms with Crippen molar-refractivity contribution in [2.75, 3.05) is 13.7 Å². The van der Waals surface area contributed by atoms with Crippen molar-refractivity contribution in [1.82, 2.24) is 0 Å². The van der Waals surface area contributed by atoms with Gasteiger partial charge in [0.25, 0.3) is 5.97 Å². The monoisotopic (exact) mass is 202 g/mol. The molecule has 1 saturated heterocycles. The van der Waals surface area contributed by atoms with Crippen molar-refractivity contribution >= 4 is 5.97 Å². The Hall–Kier alpha value is -0.910. The first-order valence-electron chi connectivity index (χ1n) is 4.25. The highest BCUT2D eigenvalue weighted by atomic mass is 16.9. The molecular weight excluding hydrogens is 188 g/mol. The largest absolute Gasteiger partial charge is 0.478 e. The summed E-state index contributed by atoms with van der Waals surface area (Å²) in [5.41, 5.74) is 0.110. The smallest absolute Gasteiger partial charge is 0.331 e. The summed E-state index contributed by atoms with van der Waals surface area (Å²) in [5.74, 6) is -2.07. The summed E-state index contributed by atoms with van der Waals surface area (Å²) in [4.78, 5) is 10.5. The van der Waals surface area contributed by atoms with Gasteiger partial charge < -0.3 is 19.3 Å². The quantitative estimate of drug-likeness (QED) is 0.681. The Kier molecular flexibility index (Phi) is 3.25. The van der Waals surface area contributed by atoms with Gasteiger partial charge in [-0.1, -0.05) is 6.58 Å². The number of aliphatic carboxylic acids is 1. The highest BCUT2D eigenvalue weighted by molar-refractivity contribution is 5.85. The molecule has 1 aliphatic rings. The second kappa shape index (κ2) is 4.08. The molecule has 14 heavy (non-hydrogen) atoms. The van der Waals surface area contributed by atoms with Crippen LogP contribution in [-0.2, 0) is 19.0 Å². The van der Waals surface area contributed by atoms with Crippen molar-refractivity contribution in [2.45, 2.75) is 25.4 Å². The Balaban J connectivity index is 2.44. The van der Waals surface area contributed by atoms with Crippen molar-refractivity contribution in [2.24, 2.45) is 0 Å². The standard InChI is InChI=1S/C9H14O5/c1-6(8(10)11)4-7-5-13-9(2,12-3)14-7/h7H,1,4-5H2,2-3H3,(H,10,11). The Morgan fingerprint density at radius 3 is 2.86 bits per heavy atom. The zero-order valence-electron chi connectivity index (χ0n) is 8.28. The average Bonchev–Trinajstić information content (AvgIpc) is 2.48. The summed E-state index contributed by atoms with van der Waals surface area (Å²) in [5, 5.41) is 8.60. The first-order valence-corrected chi connectivity index (χ1v) is 4.25. The normalized spacial score (nSPS) is 31.7. The van der Waals surface area contributed by atoms with E-state index in [9.17, 15) is 4.79 Å². The Bertz CT molecular complexity index is 250. The molecule has 5 nitrogen and oxygen atoms in total. The lowest BCUT2D eigenvalue weighted by Gasteiger charge is -2.20. The fraction of sp³-hybridized carbons (Fsp3) is 0.667. The second-order valence-corrected chi connectivity index (χ2v) is 3.23. The van der Waals surface area contributed by atoms with Gasteiger partial charge in [0, 0.05) is 26.0 Å². The van der Waals surface area contributed by atoms with E-state index in [2.05, 4.69) is 6.58 Å². The number of hydrogen-bond donors (Lipinski definition) is 1. The van der Waals surface area contributed by atoms with E-state index in [0.717, 1.165) is 0 Å². The Morgan fingerprint density at radius 1 is 1.79 bits per heavy atom. The zero-order chi connectivity index (χ0) is 10.8. The van der Waals surface area contributed by atoms with Crippen LogP contribution in [0.3, 0.4) is 0 Å². The van der Waals surface area contributed by atoms with Gasteiger partial charge in [0.05, 0.1) is 12.7 Å². The van der Waals surface area contributed by atoms with Crippen LogP contribution in [0.15, 0.2) is 12.2 Å². The SMILES string of the molecule is C=C(CC1COC(C)(OC)O1)C(=O)O. The van der Waals surface area contributed by atoms with Crippen LogP contribution >= 0.6 is 0 Å². The highest BCUT2D eigenvalue weighted by Crippen LogP contribution is 2.26. The molecule has 0 bridgehead atoms. The number of hydrogen-bond acceptors (Lipinski definition) is 4. The number of rotatable bonds is 4. The van der Waals surface area contributed by atoms with Crippen LogP contribution in [0.2, 0.25) is 0 Å². The lowest BCUT2D eigenvalue weighted by molar-refractivity contribution is -0.313. The first kappa shape index (κ1) is 11.2. The molecule has 0 radical (unpaired) electrons. The van der Waals surface area contributed by atoms with Crippen LogP contribution in [0.5, 0.6) is 0 Å². The van der Waals surface area contributed by atoms with Gasteiger partial charge in [0.1, 0.15) is 0 Å². The first-order chi connectivity index (χ1) is 6.47. The molecule has 1 heterocycles. The van der Waals surface area contributed by atoms with E-state index in [1.807, 2.05) is 0 Å². The molecule has 0 spiro atoms. The van der Waals surface area contributed by atoms with Crippen molar-refractivity contribution < 1.29 is 24.1 Å². The summed E-state index contributed by atoms with van der Waals surface area (Å²) < 4.78 is 15.5. The van der Waals surface area contributed by atoms with Crippen molar-refractivity contribution in [3.05, 3.63) is 12.2 Å². The lowest BCUT2D eigenvalue weighted by atomic mass is 10.1. The van der Waals surface area contributed by atoms with E-state index >= 15 is 0 Å². The Labute approximate surface area is 82.3 Å². The molecule has 0 aromatic heterocycles. The molecule has 1 N–H and O–H groups in total. The summed E-state index contributed by atoms with van der Waals surface area (Å²) in [6.45, 7) is 5.37. The minimum atomic E-state index is -1.05. The van der Waals surface area contributed by atoms with Crippen LogP contribution in [0.1, 0.15) is 13.3 Å². The molecule has 2 atom stereocenters. The number of carbonyl (C=O) groups is 1. The zero-order valence-corrected chi connectivity index (χ0v) is 8.28. The fourth-order valence-electron chi connectivity index (χ4n) is 1.18. The van der Waals surface area contributed by atoms with E-state index in [-0.39, 0.29) is 18.1 Å². The maximum Gasteiger partial charge on any atom is 0.331 e. The molecule has 1 fully saturated rings. The molecule has 0 aromatic rings. The lowest BCUT2D eigenvalue weighted by Crippen LogP contribution is -2.29. The maximum atomic E-state index is 10.5. The molecule has 80 valence electrons.